The quantitative estimate of drug-likeness (QED) is 0.895. The number of Topliss-reactive ketones (excluding diaryl/α,β-unsaturated/α-hetero) is 1. The average molecular weight is 303 g/mol. The number of nitrogens with one attached hydrogen (secondary N) is 2. The highest BCUT2D eigenvalue weighted by atomic mass is 16.2. The second-order valence-electron chi connectivity index (χ2n) is 6.56. The zero-order valence-corrected chi connectivity index (χ0v) is 13.5. The minimum atomic E-state index is -0.0919. The predicted molar refractivity (Wildman–Crippen MR) is 85.4 cm³/mol. The Morgan fingerprint density at radius 1 is 1.27 bits per heavy atom. The van der Waals surface area contributed by atoms with Gasteiger partial charge in [0.25, 0.3) is 5.91 Å². The lowest BCUT2D eigenvalue weighted by Crippen LogP contribution is -2.40. The molecule has 2 aliphatic rings. The monoisotopic (exact) mass is 303 g/mol. The number of fused-ring (bicyclic) bond motifs is 1. The number of hydrogen-bond acceptors (Lipinski definition) is 3. The highest BCUT2D eigenvalue weighted by Crippen LogP contribution is 2.26. The maximum atomic E-state index is 12.4. The molecular formula is C17H25N3O2. The minimum Gasteiger partial charge on any atom is -0.354 e. The standard InChI is InChI=1S/C17H25N3O2/c1-11(20-8-3-4-9-20)10-18-17(22)16-12(2)15-13(19-16)6-5-7-14(15)21/h11,19H,3-10H2,1-2H3,(H,18,22)/t11-/m1/s1. The van der Waals surface area contributed by atoms with E-state index in [1.165, 1.54) is 12.8 Å². The fraction of sp³-hybridized carbons (Fsp3) is 0.647. The summed E-state index contributed by atoms with van der Waals surface area (Å²) >= 11 is 0. The molecule has 0 spiro atoms. The highest BCUT2D eigenvalue weighted by molar-refractivity contribution is 6.04. The Labute approximate surface area is 131 Å². The first-order valence-corrected chi connectivity index (χ1v) is 8.35. The van der Waals surface area contributed by atoms with Gasteiger partial charge in [0.1, 0.15) is 5.69 Å². The van der Waals surface area contributed by atoms with Gasteiger partial charge in [0, 0.05) is 30.3 Å². The first-order chi connectivity index (χ1) is 10.6. The van der Waals surface area contributed by atoms with E-state index in [0.717, 1.165) is 42.8 Å². The van der Waals surface area contributed by atoms with Crippen molar-refractivity contribution in [1.82, 2.24) is 15.2 Å². The summed E-state index contributed by atoms with van der Waals surface area (Å²) in [6.07, 6.45) is 4.84. The zero-order valence-electron chi connectivity index (χ0n) is 13.5. The first-order valence-electron chi connectivity index (χ1n) is 8.35. The molecule has 0 saturated carbocycles. The number of aromatic amines is 1. The van der Waals surface area contributed by atoms with Gasteiger partial charge < -0.3 is 10.3 Å². The SMILES string of the molecule is Cc1c(C(=O)NC[C@@H](C)N2CCCC2)[nH]c2c1C(=O)CCC2. The van der Waals surface area contributed by atoms with E-state index < -0.39 is 0 Å². The van der Waals surface area contributed by atoms with Crippen molar-refractivity contribution in [2.24, 2.45) is 0 Å². The summed E-state index contributed by atoms with van der Waals surface area (Å²) < 4.78 is 0. The topological polar surface area (TPSA) is 65.2 Å². The van der Waals surface area contributed by atoms with Gasteiger partial charge in [-0.1, -0.05) is 0 Å². The first kappa shape index (κ1) is 15.3. The number of carbonyl (C=O) groups excluding carboxylic acids is 2. The zero-order chi connectivity index (χ0) is 15.7. The third-order valence-electron chi connectivity index (χ3n) is 4.99. The Bertz CT molecular complexity index is 585. The number of likely N-dealkylation sites (tertiary alicyclic amines) is 1. The van der Waals surface area contributed by atoms with Crippen molar-refractivity contribution >= 4 is 11.7 Å². The van der Waals surface area contributed by atoms with E-state index in [1.54, 1.807) is 0 Å². The van der Waals surface area contributed by atoms with E-state index in [1.807, 2.05) is 6.92 Å². The fourth-order valence-corrected chi connectivity index (χ4v) is 3.64. The normalized spacial score (nSPS) is 20.0. The number of nitrogens with zero attached hydrogens (tertiary/aromatic N) is 1. The number of H-pyrrole nitrogens is 1. The Balaban J connectivity index is 1.66. The van der Waals surface area contributed by atoms with Crippen LogP contribution in [0.4, 0.5) is 0 Å². The Hall–Kier alpha value is -1.62. The van der Waals surface area contributed by atoms with Gasteiger partial charge in [-0.2, -0.15) is 0 Å². The smallest absolute Gasteiger partial charge is 0.268 e. The molecular weight excluding hydrogens is 278 g/mol. The summed E-state index contributed by atoms with van der Waals surface area (Å²) in [5.74, 6) is 0.0743. The Morgan fingerprint density at radius 2 is 2.00 bits per heavy atom. The number of aryl methyl sites for hydroxylation is 1. The minimum absolute atomic E-state index is 0.0919. The molecule has 5 nitrogen and oxygen atoms in total. The number of aromatic nitrogens is 1. The Morgan fingerprint density at radius 3 is 2.68 bits per heavy atom. The molecule has 1 aliphatic heterocycles. The lowest BCUT2D eigenvalue weighted by Gasteiger charge is -2.23. The number of amides is 1. The number of hydrogen-bond donors (Lipinski definition) is 2. The lowest BCUT2D eigenvalue weighted by molar-refractivity contribution is 0.0934. The molecule has 1 atom stereocenters. The van der Waals surface area contributed by atoms with Gasteiger partial charge in [-0.3, -0.25) is 14.5 Å². The van der Waals surface area contributed by atoms with Crippen LogP contribution in [-0.2, 0) is 6.42 Å². The third kappa shape index (κ3) is 2.82. The van der Waals surface area contributed by atoms with Crippen LogP contribution in [0.1, 0.15) is 64.7 Å². The van der Waals surface area contributed by atoms with Gasteiger partial charge in [-0.05, 0) is 58.2 Å². The molecule has 3 rings (SSSR count). The number of ketones is 1. The largest absolute Gasteiger partial charge is 0.354 e. The van der Waals surface area contributed by atoms with Crippen LogP contribution in [0.5, 0.6) is 0 Å². The van der Waals surface area contributed by atoms with E-state index in [-0.39, 0.29) is 11.7 Å². The highest BCUT2D eigenvalue weighted by Gasteiger charge is 2.26. The molecule has 120 valence electrons. The van der Waals surface area contributed by atoms with Crippen molar-refractivity contribution in [1.29, 1.82) is 0 Å². The van der Waals surface area contributed by atoms with E-state index in [2.05, 4.69) is 22.1 Å². The molecule has 1 aliphatic carbocycles. The van der Waals surface area contributed by atoms with Gasteiger partial charge in [-0.15, -0.1) is 0 Å². The van der Waals surface area contributed by atoms with Crippen LogP contribution in [0.15, 0.2) is 0 Å². The van der Waals surface area contributed by atoms with E-state index in [4.69, 9.17) is 0 Å². The van der Waals surface area contributed by atoms with Crippen molar-refractivity contribution < 1.29 is 9.59 Å². The van der Waals surface area contributed by atoms with Gasteiger partial charge in [-0.25, -0.2) is 0 Å². The summed E-state index contributed by atoms with van der Waals surface area (Å²) in [5, 5.41) is 3.02. The van der Waals surface area contributed by atoms with Crippen molar-refractivity contribution in [2.75, 3.05) is 19.6 Å². The summed E-state index contributed by atoms with van der Waals surface area (Å²) in [6, 6.07) is 0.359. The molecule has 1 aromatic heterocycles. The maximum absolute atomic E-state index is 12.4. The molecule has 0 unspecified atom stereocenters. The van der Waals surface area contributed by atoms with Crippen molar-refractivity contribution in [3.63, 3.8) is 0 Å². The molecule has 0 aromatic carbocycles. The van der Waals surface area contributed by atoms with Crippen molar-refractivity contribution in [2.45, 2.75) is 52.0 Å². The number of rotatable bonds is 4. The van der Waals surface area contributed by atoms with E-state index >= 15 is 0 Å². The van der Waals surface area contributed by atoms with Crippen LogP contribution >= 0.6 is 0 Å². The van der Waals surface area contributed by atoms with Crippen LogP contribution in [0.25, 0.3) is 0 Å². The second kappa shape index (κ2) is 6.24. The molecule has 1 amide bonds. The van der Waals surface area contributed by atoms with Gasteiger partial charge in [0.05, 0.1) is 0 Å². The number of carbonyl (C=O) groups is 2. The Kier molecular flexibility index (Phi) is 4.34. The lowest BCUT2D eigenvalue weighted by atomic mass is 9.94. The van der Waals surface area contributed by atoms with Gasteiger partial charge in [0.15, 0.2) is 5.78 Å². The van der Waals surface area contributed by atoms with Gasteiger partial charge in [0.2, 0.25) is 0 Å². The van der Waals surface area contributed by atoms with Crippen LogP contribution < -0.4 is 5.32 Å². The second-order valence-corrected chi connectivity index (χ2v) is 6.56. The van der Waals surface area contributed by atoms with Crippen LogP contribution in [0, 0.1) is 6.92 Å². The molecule has 0 radical (unpaired) electrons. The van der Waals surface area contributed by atoms with Gasteiger partial charge >= 0.3 is 0 Å². The molecule has 2 heterocycles. The van der Waals surface area contributed by atoms with Crippen LogP contribution in [0.2, 0.25) is 0 Å². The molecule has 1 aromatic rings. The van der Waals surface area contributed by atoms with Crippen LogP contribution in [0.3, 0.4) is 0 Å². The molecule has 22 heavy (non-hydrogen) atoms. The molecule has 1 saturated heterocycles. The predicted octanol–water partition coefficient (Wildman–Crippen LogP) is 2.06. The average Bonchev–Trinajstić information content (AvgIpc) is 3.13. The summed E-state index contributed by atoms with van der Waals surface area (Å²) in [5.41, 5.74) is 3.07. The van der Waals surface area contributed by atoms with E-state index in [9.17, 15) is 9.59 Å². The van der Waals surface area contributed by atoms with Crippen LogP contribution in [-0.4, -0.2) is 47.3 Å². The summed E-state index contributed by atoms with van der Waals surface area (Å²) in [7, 11) is 0. The van der Waals surface area contributed by atoms with Crippen molar-refractivity contribution in [3.05, 3.63) is 22.5 Å². The van der Waals surface area contributed by atoms with E-state index in [0.29, 0.717) is 24.7 Å². The molecule has 0 bridgehead atoms. The maximum Gasteiger partial charge on any atom is 0.268 e. The molecule has 1 fully saturated rings. The van der Waals surface area contributed by atoms with Crippen molar-refractivity contribution in [3.8, 4) is 0 Å². The summed E-state index contributed by atoms with van der Waals surface area (Å²) in [4.78, 5) is 30.1. The molecule has 2 N–H and O–H groups in total. The third-order valence-corrected chi connectivity index (χ3v) is 4.99. The molecule has 5 heteroatoms. The fourth-order valence-electron chi connectivity index (χ4n) is 3.64. The summed E-state index contributed by atoms with van der Waals surface area (Å²) in [6.45, 7) is 6.93.